The Morgan fingerprint density at radius 3 is 2.69 bits per heavy atom. The zero-order valence-corrected chi connectivity index (χ0v) is 17.2. The van der Waals surface area contributed by atoms with E-state index in [4.69, 9.17) is 4.74 Å². The molecule has 7 nitrogen and oxygen atoms in total. The van der Waals surface area contributed by atoms with Crippen LogP contribution in [0.4, 0.5) is 10.5 Å². The van der Waals surface area contributed by atoms with Gasteiger partial charge in [0.25, 0.3) is 0 Å². The largest absolute Gasteiger partial charge is 0.379 e. The molecule has 158 valence electrons. The van der Waals surface area contributed by atoms with Crippen molar-refractivity contribution in [1.29, 1.82) is 0 Å². The van der Waals surface area contributed by atoms with Crippen LogP contribution in [-0.2, 0) is 9.53 Å². The summed E-state index contributed by atoms with van der Waals surface area (Å²) in [6.07, 6.45) is 1.65. The second-order valence-electron chi connectivity index (χ2n) is 8.55. The number of ether oxygens (including phenoxy) is 1. The Hall–Kier alpha value is -2.12. The number of hydrogen-bond acceptors (Lipinski definition) is 4. The van der Waals surface area contributed by atoms with Crippen LogP contribution in [0.15, 0.2) is 30.3 Å². The summed E-state index contributed by atoms with van der Waals surface area (Å²) in [5.74, 6) is 1.47. The number of hydrogen-bond donors (Lipinski definition) is 2. The van der Waals surface area contributed by atoms with Crippen LogP contribution >= 0.6 is 0 Å². The lowest BCUT2D eigenvalue weighted by atomic mass is 9.88. The zero-order valence-electron chi connectivity index (χ0n) is 17.2. The van der Waals surface area contributed by atoms with Crippen LogP contribution in [0.2, 0.25) is 0 Å². The van der Waals surface area contributed by atoms with Crippen LogP contribution in [0.3, 0.4) is 0 Å². The van der Waals surface area contributed by atoms with Crippen molar-refractivity contribution in [3.05, 3.63) is 30.3 Å². The summed E-state index contributed by atoms with van der Waals surface area (Å²) < 4.78 is 5.41. The van der Waals surface area contributed by atoms with Crippen molar-refractivity contribution in [2.75, 3.05) is 51.3 Å². The molecule has 0 bridgehead atoms. The highest BCUT2D eigenvalue weighted by Gasteiger charge is 2.50. The first kappa shape index (κ1) is 20.2. The van der Waals surface area contributed by atoms with Crippen LogP contribution in [0.1, 0.15) is 19.8 Å². The molecule has 0 aromatic heterocycles. The molecular weight excluding hydrogens is 368 g/mol. The minimum atomic E-state index is -0.180. The smallest absolute Gasteiger partial charge is 0.319 e. The third kappa shape index (κ3) is 4.73. The average Bonchev–Trinajstić information content (AvgIpc) is 3.19. The molecule has 1 aromatic carbocycles. The molecule has 2 heterocycles. The standard InChI is InChI=1S/C22H32N4O3/c1-16-13-20-18(14-21(27)26(20)8-7-25-9-11-29-12-10-25)19(16)15-23-22(28)24-17-5-3-2-4-6-17/h2-6,16,18-20H,7-15H2,1H3,(H2,23,24,28)/t16-,18-,19+,20+/m0/s1. The lowest BCUT2D eigenvalue weighted by Gasteiger charge is -2.31. The van der Waals surface area contributed by atoms with Gasteiger partial charge in [-0.05, 0) is 36.3 Å². The highest BCUT2D eigenvalue weighted by molar-refractivity contribution is 5.89. The number of anilines is 1. The number of para-hydroxylation sites is 1. The SMILES string of the molecule is C[C@H]1C[C@@H]2[C@@H](CC(=O)N2CCN2CCOCC2)[C@@H]1CNC(=O)Nc1ccccc1. The molecule has 1 saturated carbocycles. The molecule has 4 rings (SSSR count). The van der Waals surface area contributed by atoms with Crippen molar-refractivity contribution in [2.45, 2.75) is 25.8 Å². The Labute approximate surface area is 172 Å². The summed E-state index contributed by atoms with van der Waals surface area (Å²) in [6.45, 7) is 8.09. The molecule has 2 aliphatic heterocycles. The van der Waals surface area contributed by atoms with Gasteiger partial charge in [0.1, 0.15) is 0 Å². The number of nitrogens with zero attached hydrogens (tertiary/aromatic N) is 2. The number of carbonyl (C=O) groups is 2. The number of nitrogens with one attached hydrogen (secondary N) is 2. The Bertz CT molecular complexity index is 707. The summed E-state index contributed by atoms with van der Waals surface area (Å²) in [5, 5.41) is 5.90. The number of carbonyl (C=O) groups excluding carboxylic acids is 2. The number of amides is 3. The van der Waals surface area contributed by atoms with Gasteiger partial charge in [0.05, 0.1) is 13.2 Å². The van der Waals surface area contributed by atoms with E-state index in [1.54, 1.807) is 0 Å². The van der Waals surface area contributed by atoms with E-state index in [1.165, 1.54) is 0 Å². The molecule has 3 aliphatic rings. The first-order valence-corrected chi connectivity index (χ1v) is 10.8. The minimum absolute atomic E-state index is 0.180. The minimum Gasteiger partial charge on any atom is -0.379 e. The van der Waals surface area contributed by atoms with Gasteiger partial charge in [0.15, 0.2) is 0 Å². The lowest BCUT2D eigenvalue weighted by molar-refractivity contribution is -0.129. The molecule has 1 aliphatic carbocycles. The predicted octanol–water partition coefficient (Wildman–Crippen LogP) is 2.01. The lowest BCUT2D eigenvalue weighted by Crippen LogP contribution is -2.44. The second kappa shape index (κ2) is 9.13. The van der Waals surface area contributed by atoms with E-state index in [2.05, 4.69) is 27.4 Å². The number of urea groups is 1. The maximum Gasteiger partial charge on any atom is 0.319 e. The van der Waals surface area contributed by atoms with Crippen molar-refractivity contribution in [1.82, 2.24) is 15.1 Å². The monoisotopic (exact) mass is 400 g/mol. The van der Waals surface area contributed by atoms with Crippen LogP contribution < -0.4 is 10.6 Å². The first-order chi connectivity index (χ1) is 14.1. The molecule has 2 saturated heterocycles. The fourth-order valence-electron chi connectivity index (χ4n) is 5.21. The number of rotatable bonds is 6. The molecular formula is C22H32N4O3. The highest BCUT2D eigenvalue weighted by Crippen LogP contribution is 2.45. The van der Waals surface area contributed by atoms with Gasteiger partial charge in [-0.2, -0.15) is 0 Å². The molecule has 2 N–H and O–H groups in total. The normalized spacial score (nSPS) is 29.7. The summed E-state index contributed by atoms with van der Waals surface area (Å²) >= 11 is 0. The molecule has 7 heteroatoms. The van der Waals surface area contributed by atoms with E-state index in [9.17, 15) is 9.59 Å². The van der Waals surface area contributed by atoms with E-state index in [-0.39, 0.29) is 11.9 Å². The summed E-state index contributed by atoms with van der Waals surface area (Å²) in [6, 6.07) is 9.60. The van der Waals surface area contributed by atoms with Gasteiger partial charge in [-0.15, -0.1) is 0 Å². The van der Waals surface area contributed by atoms with Crippen LogP contribution in [-0.4, -0.2) is 73.7 Å². The number of likely N-dealkylation sites (tertiary alicyclic amines) is 1. The first-order valence-electron chi connectivity index (χ1n) is 10.8. The van der Waals surface area contributed by atoms with Crippen molar-refractivity contribution in [3.63, 3.8) is 0 Å². The maximum absolute atomic E-state index is 12.7. The number of benzene rings is 1. The number of fused-ring (bicyclic) bond motifs is 1. The molecule has 3 amide bonds. The third-order valence-corrected chi connectivity index (χ3v) is 6.81. The van der Waals surface area contributed by atoms with E-state index in [0.717, 1.165) is 51.5 Å². The Kier molecular flexibility index (Phi) is 6.35. The van der Waals surface area contributed by atoms with Crippen LogP contribution in [0.5, 0.6) is 0 Å². The van der Waals surface area contributed by atoms with Crippen molar-refractivity contribution < 1.29 is 14.3 Å². The second-order valence-corrected chi connectivity index (χ2v) is 8.55. The van der Waals surface area contributed by atoms with E-state index < -0.39 is 0 Å². The molecule has 0 unspecified atom stereocenters. The fraction of sp³-hybridized carbons (Fsp3) is 0.636. The fourth-order valence-corrected chi connectivity index (χ4v) is 5.21. The van der Waals surface area contributed by atoms with Gasteiger partial charge in [0, 0.05) is 50.9 Å². The maximum atomic E-state index is 12.7. The quantitative estimate of drug-likeness (QED) is 0.766. The van der Waals surface area contributed by atoms with Gasteiger partial charge in [-0.25, -0.2) is 4.79 Å². The van der Waals surface area contributed by atoms with Crippen molar-refractivity contribution in [2.24, 2.45) is 17.8 Å². The zero-order chi connectivity index (χ0) is 20.2. The number of morpholine rings is 1. The van der Waals surface area contributed by atoms with Crippen LogP contribution in [0.25, 0.3) is 0 Å². The molecule has 3 fully saturated rings. The molecule has 1 aromatic rings. The van der Waals surface area contributed by atoms with Gasteiger partial charge < -0.3 is 20.3 Å². The molecule has 4 atom stereocenters. The predicted molar refractivity (Wildman–Crippen MR) is 112 cm³/mol. The van der Waals surface area contributed by atoms with Gasteiger partial charge in [-0.1, -0.05) is 25.1 Å². The third-order valence-electron chi connectivity index (χ3n) is 6.81. The summed E-state index contributed by atoms with van der Waals surface area (Å²) in [4.78, 5) is 29.4. The Balaban J connectivity index is 1.28. The van der Waals surface area contributed by atoms with E-state index in [0.29, 0.717) is 36.8 Å². The molecule has 29 heavy (non-hydrogen) atoms. The average molecular weight is 401 g/mol. The Morgan fingerprint density at radius 2 is 1.93 bits per heavy atom. The van der Waals surface area contributed by atoms with Crippen LogP contribution in [0, 0.1) is 17.8 Å². The van der Waals surface area contributed by atoms with Gasteiger partial charge >= 0.3 is 6.03 Å². The van der Waals surface area contributed by atoms with Crippen molar-refractivity contribution in [3.8, 4) is 0 Å². The van der Waals surface area contributed by atoms with Gasteiger partial charge in [-0.3, -0.25) is 9.69 Å². The molecule has 0 radical (unpaired) electrons. The van der Waals surface area contributed by atoms with E-state index >= 15 is 0 Å². The highest BCUT2D eigenvalue weighted by atomic mass is 16.5. The van der Waals surface area contributed by atoms with E-state index in [1.807, 2.05) is 30.3 Å². The van der Waals surface area contributed by atoms with Gasteiger partial charge in [0.2, 0.25) is 5.91 Å². The summed E-state index contributed by atoms with van der Waals surface area (Å²) in [5.41, 5.74) is 0.785. The Morgan fingerprint density at radius 1 is 1.17 bits per heavy atom. The van der Waals surface area contributed by atoms with Crippen molar-refractivity contribution >= 4 is 17.6 Å². The summed E-state index contributed by atoms with van der Waals surface area (Å²) in [7, 11) is 0. The molecule has 0 spiro atoms. The topological polar surface area (TPSA) is 73.9 Å².